The summed E-state index contributed by atoms with van der Waals surface area (Å²) in [7, 11) is 0. The van der Waals surface area contributed by atoms with Gasteiger partial charge in [0.05, 0.1) is 12.7 Å². The number of amides is 1. The molecule has 33 heavy (non-hydrogen) atoms. The van der Waals surface area contributed by atoms with Crippen LogP contribution in [0.2, 0.25) is 0 Å². The zero-order chi connectivity index (χ0) is 23.4. The van der Waals surface area contributed by atoms with Crippen molar-refractivity contribution in [2.45, 2.75) is 32.9 Å². The fraction of sp³-hybridized carbons (Fsp3) is 0.333. The lowest BCUT2D eigenvalue weighted by atomic mass is 9.99. The largest absolute Gasteiger partial charge is 0.486 e. The van der Waals surface area contributed by atoms with Crippen LogP contribution >= 0.6 is 15.9 Å². The summed E-state index contributed by atoms with van der Waals surface area (Å²) < 4.78 is 8.07. The Morgan fingerprint density at radius 2 is 2.00 bits per heavy atom. The highest BCUT2D eigenvalue weighted by molar-refractivity contribution is 9.10. The van der Waals surface area contributed by atoms with Crippen LogP contribution in [0.5, 0.6) is 5.75 Å². The molecule has 8 nitrogen and oxygen atoms in total. The Bertz CT molecular complexity index is 1150. The quantitative estimate of drug-likeness (QED) is 0.508. The minimum atomic E-state index is -1.06. The van der Waals surface area contributed by atoms with Crippen molar-refractivity contribution in [3.63, 3.8) is 0 Å². The Morgan fingerprint density at radius 3 is 2.73 bits per heavy atom. The summed E-state index contributed by atoms with van der Waals surface area (Å²) in [5.41, 5.74) is 2.36. The number of aromatic carboxylic acids is 1. The highest BCUT2D eigenvalue weighted by Gasteiger charge is 2.22. The number of carbonyl (C=O) groups is 2. The van der Waals surface area contributed by atoms with Crippen LogP contribution in [-0.4, -0.2) is 50.0 Å². The molecule has 9 heteroatoms. The third kappa shape index (κ3) is 5.78. The lowest BCUT2D eigenvalue weighted by Gasteiger charge is -2.31. The second-order valence-corrected chi connectivity index (χ2v) is 9.25. The molecule has 0 aliphatic carbocycles. The Morgan fingerprint density at radius 1 is 1.21 bits per heavy atom. The predicted molar refractivity (Wildman–Crippen MR) is 125 cm³/mol. The number of carboxylic acids is 1. The molecule has 0 bridgehead atoms. The molecule has 1 aliphatic heterocycles. The highest BCUT2D eigenvalue weighted by Crippen LogP contribution is 2.24. The van der Waals surface area contributed by atoms with Crippen molar-refractivity contribution in [3.05, 3.63) is 75.5 Å². The number of likely N-dealkylation sites (tertiary alicyclic amines) is 1. The summed E-state index contributed by atoms with van der Waals surface area (Å²) in [5, 5.41) is 17.5. The number of ether oxygens (including phenoxy) is 1. The van der Waals surface area contributed by atoms with Gasteiger partial charge in [-0.3, -0.25) is 4.79 Å². The second-order valence-electron chi connectivity index (χ2n) is 8.34. The van der Waals surface area contributed by atoms with Gasteiger partial charge in [0.25, 0.3) is 5.91 Å². The van der Waals surface area contributed by atoms with E-state index < -0.39 is 5.97 Å². The maximum absolute atomic E-state index is 12.7. The van der Waals surface area contributed by atoms with Gasteiger partial charge in [-0.1, -0.05) is 40.2 Å². The number of carboxylic acid groups (broad SMARTS) is 1. The Kier molecular flexibility index (Phi) is 7.08. The molecule has 1 N–H and O–H groups in total. The van der Waals surface area contributed by atoms with E-state index in [1.54, 1.807) is 23.0 Å². The smallest absolute Gasteiger partial charge is 0.339 e. The Labute approximate surface area is 200 Å². The number of hydrogen-bond donors (Lipinski definition) is 1. The number of hydrogen-bond acceptors (Lipinski definition) is 5. The van der Waals surface area contributed by atoms with Crippen molar-refractivity contribution in [2.75, 3.05) is 13.1 Å². The van der Waals surface area contributed by atoms with Crippen LogP contribution in [0, 0.1) is 5.92 Å². The van der Waals surface area contributed by atoms with Crippen molar-refractivity contribution in [3.8, 4) is 5.75 Å². The molecule has 3 aromatic rings. The first-order valence-electron chi connectivity index (χ1n) is 10.8. The van der Waals surface area contributed by atoms with Gasteiger partial charge in [0.15, 0.2) is 0 Å². The van der Waals surface area contributed by atoms with E-state index in [2.05, 4.69) is 33.2 Å². The number of aromatic nitrogens is 3. The van der Waals surface area contributed by atoms with Crippen molar-refractivity contribution in [1.82, 2.24) is 19.9 Å². The van der Waals surface area contributed by atoms with Gasteiger partial charge in [-0.25, -0.2) is 9.48 Å². The predicted octanol–water partition coefficient (Wildman–Crippen LogP) is 4.24. The molecule has 1 aromatic heterocycles. The van der Waals surface area contributed by atoms with Gasteiger partial charge in [-0.05, 0) is 54.7 Å². The number of piperidine rings is 1. The molecule has 0 radical (unpaired) electrons. The van der Waals surface area contributed by atoms with E-state index in [-0.39, 0.29) is 23.8 Å². The first-order chi connectivity index (χ1) is 15.9. The molecule has 1 atom stereocenters. The monoisotopic (exact) mass is 512 g/mol. The normalized spacial score (nSPS) is 15.9. The molecule has 172 valence electrons. The van der Waals surface area contributed by atoms with Gasteiger partial charge < -0.3 is 14.7 Å². The van der Waals surface area contributed by atoms with Crippen molar-refractivity contribution < 1.29 is 19.4 Å². The van der Waals surface area contributed by atoms with E-state index in [4.69, 9.17) is 4.74 Å². The van der Waals surface area contributed by atoms with Crippen molar-refractivity contribution in [1.29, 1.82) is 0 Å². The van der Waals surface area contributed by atoms with Gasteiger partial charge in [0, 0.05) is 23.1 Å². The van der Waals surface area contributed by atoms with Gasteiger partial charge in [0.1, 0.15) is 23.6 Å². The standard InChI is InChI=1S/C24H25BrN4O4/c1-16-3-2-10-28(12-16)23(30)18-6-4-17(5-7-18)13-29-14-20(26-27-29)15-33-22-11-19(25)8-9-21(22)24(31)32/h4-9,11,14,16H,2-3,10,12-13,15H2,1H3,(H,31,32). The van der Waals surface area contributed by atoms with E-state index in [0.717, 1.165) is 29.5 Å². The van der Waals surface area contributed by atoms with E-state index in [9.17, 15) is 14.7 Å². The molecular formula is C24H25BrN4O4. The maximum Gasteiger partial charge on any atom is 0.339 e. The summed E-state index contributed by atoms with van der Waals surface area (Å²) in [4.78, 5) is 26.0. The Balaban J connectivity index is 1.36. The molecule has 1 amide bonds. The second kappa shape index (κ2) is 10.2. The fourth-order valence-corrected chi connectivity index (χ4v) is 4.26. The minimum Gasteiger partial charge on any atom is -0.486 e. The summed E-state index contributed by atoms with van der Waals surface area (Å²) in [5.74, 6) is -0.166. The molecule has 0 saturated carbocycles. The van der Waals surface area contributed by atoms with Crippen LogP contribution < -0.4 is 4.74 Å². The molecule has 1 fully saturated rings. The lowest BCUT2D eigenvalue weighted by molar-refractivity contribution is 0.0677. The van der Waals surface area contributed by atoms with Crippen LogP contribution in [0.15, 0.2) is 53.1 Å². The lowest BCUT2D eigenvalue weighted by Crippen LogP contribution is -2.39. The highest BCUT2D eigenvalue weighted by atomic mass is 79.9. The van der Waals surface area contributed by atoms with Crippen LogP contribution in [0.3, 0.4) is 0 Å². The molecule has 2 aromatic carbocycles. The zero-order valence-corrected chi connectivity index (χ0v) is 19.9. The van der Waals surface area contributed by atoms with Gasteiger partial charge in [-0.15, -0.1) is 5.10 Å². The van der Waals surface area contributed by atoms with Crippen LogP contribution in [-0.2, 0) is 13.2 Å². The first kappa shape index (κ1) is 23.0. The Hall–Kier alpha value is -3.20. The summed E-state index contributed by atoms with van der Waals surface area (Å²) in [6.07, 6.45) is 3.99. The SMILES string of the molecule is CC1CCCN(C(=O)c2ccc(Cn3cc(COc4cc(Br)ccc4C(=O)O)nn3)cc2)C1. The average molecular weight is 513 g/mol. The molecule has 0 spiro atoms. The molecular weight excluding hydrogens is 488 g/mol. The number of benzene rings is 2. The molecule has 1 unspecified atom stereocenters. The third-order valence-electron chi connectivity index (χ3n) is 5.63. The fourth-order valence-electron chi connectivity index (χ4n) is 3.92. The van der Waals surface area contributed by atoms with E-state index in [1.165, 1.54) is 12.5 Å². The third-order valence-corrected chi connectivity index (χ3v) is 6.12. The van der Waals surface area contributed by atoms with E-state index in [1.807, 2.05) is 29.2 Å². The van der Waals surface area contributed by atoms with Gasteiger partial charge in [0.2, 0.25) is 0 Å². The van der Waals surface area contributed by atoms with Crippen LogP contribution in [0.1, 0.15) is 51.7 Å². The number of carbonyl (C=O) groups excluding carboxylic acids is 1. The van der Waals surface area contributed by atoms with Gasteiger partial charge >= 0.3 is 5.97 Å². The summed E-state index contributed by atoms with van der Waals surface area (Å²) in [6.45, 7) is 4.42. The summed E-state index contributed by atoms with van der Waals surface area (Å²) in [6, 6.07) is 12.3. The molecule has 1 aliphatic rings. The number of halogens is 1. The minimum absolute atomic E-state index is 0.0826. The molecule has 4 rings (SSSR count). The van der Waals surface area contributed by atoms with Gasteiger partial charge in [-0.2, -0.15) is 0 Å². The first-order valence-corrected chi connectivity index (χ1v) is 11.6. The zero-order valence-electron chi connectivity index (χ0n) is 18.3. The average Bonchev–Trinajstić information content (AvgIpc) is 3.25. The van der Waals surface area contributed by atoms with Crippen LogP contribution in [0.4, 0.5) is 0 Å². The van der Waals surface area contributed by atoms with Crippen molar-refractivity contribution in [2.24, 2.45) is 5.92 Å². The number of nitrogens with zero attached hydrogens (tertiary/aromatic N) is 4. The number of rotatable bonds is 7. The van der Waals surface area contributed by atoms with Crippen LogP contribution in [0.25, 0.3) is 0 Å². The molecule has 1 saturated heterocycles. The van der Waals surface area contributed by atoms with E-state index in [0.29, 0.717) is 23.7 Å². The van der Waals surface area contributed by atoms with Crippen molar-refractivity contribution >= 4 is 27.8 Å². The molecule has 2 heterocycles. The van der Waals surface area contributed by atoms with E-state index >= 15 is 0 Å². The maximum atomic E-state index is 12.7. The topological polar surface area (TPSA) is 97.5 Å². The summed E-state index contributed by atoms with van der Waals surface area (Å²) >= 11 is 3.32.